The number of fused-ring (bicyclic) bond motifs is 2. The van der Waals surface area contributed by atoms with Gasteiger partial charge in [0, 0.05) is 17.8 Å². The molecule has 4 N–H and O–H groups in total. The van der Waals surface area contributed by atoms with Gasteiger partial charge in [0.25, 0.3) is 0 Å². The summed E-state index contributed by atoms with van der Waals surface area (Å²) in [6.07, 6.45) is 5.79. The zero-order valence-electron chi connectivity index (χ0n) is 15.9. The van der Waals surface area contributed by atoms with Crippen molar-refractivity contribution in [3.8, 4) is 0 Å². The second kappa shape index (κ2) is 7.09. The summed E-state index contributed by atoms with van der Waals surface area (Å²) < 4.78 is 1.92. The molecule has 4 aromatic rings. The molecule has 1 fully saturated rings. The fourth-order valence-electron chi connectivity index (χ4n) is 4.54. The molecule has 0 saturated heterocycles. The topological polar surface area (TPSA) is 110 Å². The number of aryl methyl sites for hydroxylation is 1. The van der Waals surface area contributed by atoms with Crippen LogP contribution in [0.1, 0.15) is 24.4 Å². The Labute approximate surface area is 167 Å². The number of nitrogen functional groups attached to an aromatic ring is 1. The van der Waals surface area contributed by atoms with Crippen LogP contribution in [0.5, 0.6) is 0 Å². The van der Waals surface area contributed by atoms with Crippen molar-refractivity contribution >= 4 is 27.8 Å². The van der Waals surface area contributed by atoms with Gasteiger partial charge in [0.2, 0.25) is 0 Å². The Hall–Kier alpha value is -3.03. The highest BCUT2D eigenvalue weighted by Gasteiger charge is 2.42. The zero-order valence-corrected chi connectivity index (χ0v) is 15.9. The minimum absolute atomic E-state index is 0.00561. The van der Waals surface area contributed by atoms with Crippen LogP contribution in [0.15, 0.2) is 55.1 Å². The summed E-state index contributed by atoms with van der Waals surface area (Å²) >= 11 is 0. The van der Waals surface area contributed by atoms with Crippen molar-refractivity contribution in [2.45, 2.75) is 37.5 Å². The largest absolute Gasteiger partial charge is 0.390 e. The van der Waals surface area contributed by atoms with Gasteiger partial charge < -0.3 is 20.5 Å². The number of aromatic nitrogens is 4. The Morgan fingerprint density at radius 1 is 1.07 bits per heavy atom. The highest BCUT2D eigenvalue weighted by Crippen LogP contribution is 2.39. The van der Waals surface area contributed by atoms with Gasteiger partial charge in [-0.15, -0.1) is 0 Å². The highest BCUT2D eigenvalue weighted by atomic mass is 16.3. The van der Waals surface area contributed by atoms with Crippen LogP contribution >= 0.6 is 0 Å². The van der Waals surface area contributed by atoms with Gasteiger partial charge in [-0.25, -0.2) is 9.97 Å². The number of aliphatic hydroxyl groups is 2. The van der Waals surface area contributed by atoms with Gasteiger partial charge in [0.1, 0.15) is 23.9 Å². The number of pyridine rings is 1. The van der Waals surface area contributed by atoms with E-state index in [1.54, 1.807) is 6.20 Å². The first-order valence-electron chi connectivity index (χ1n) is 9.88. The normalized spacial score (nSPS) is 24.5. The number of nitrogens with zero attached hydrogens (tertiary/aromatic N) is 4. The number of anilines is 1. The van der Waals surface area contributed by atoms with Crippen LogP contribution in [0.4, 0.5) is 5.82 Å². The lowest BCUT2D eigenvalue weighted by atomic mass is 9.95. The third-order valence-electron chi connectivity index (χ3n) is 6.14. The van der Waals surface area contributed by atoms with E-state index in [2.05, 4.69) is 33.2 Å². The Kier molecular flexibility index (Phi) is 4.41. The Morgan fingerprint density at radius 2 is 1.97 bits per heavy atom. The predicted molar refractivity (Wildman–Crippen MR) is 111 cm³/mol. The van der Waals surface area contributed by atoms with Crippen molar-refractivity contribution < 1.29 is 10.2 Å². The SMILES string of the molecule is Nc1ncnc2c1ccn2[C@@H]1C[C@H](CCc2ccc3cccnc3c2)[C@@H](O)[C@H]1O. The maximum Gasteiger partial charge on any atom is 0.145 e. The molecule has 148 valence electrons. The predicted octanol–water partition coefficient (Wildman–Crippen LogP) is 2.48. The van der Waals surface area contributed by atoms with Gasteiger partial charge >= 0.3 is 0 Å². The minimum atomic E-state index is -0.843. The van der Waals surface area contributed by atoms with E-state index in [9.17, 15) is 10.2 Å². The second-order valence-corrected chi connectivity index (χ2v) is 7.83. The first-order valence-corrected chi connectivity index (χ1v) is 9.88. The monoisotopic (exact) mass is 389 g/mol. The molecule has 0 amide bonds. The maximum absolute atomic E-state index is 10.7. The number of nitrogens with two attached hydrogens (primary N) is 1. The number of hydrogen-bond acceptors (Lipinski definition) is 6. The quantitative estimate of drug-likeness (QED) is 0.495. The lowest BCUT2D eigenvalue weighted by Crippen LogP contribution is -2.29. The summed E-state index contributed by atoms with van der Waals surface area (Å²) in [5.74, 6) is 0.425. The van der Waals surface area contributed by atoms with E-state index >= 15 is 0 Å². The molecular weight excluding hydrogens is 366 g/mol. The Bertz CT molecular complexity index is 1170. The summed E-state index contributed by atoms with van der Waals surface area (Å²) in [6, 6.07) is 11.9. The highest BCUT2D eigenvalue weighted by molar-refractivity contribution is 5.86. The minimum Gasteiger partial charge on any atom is -0.390 e. The summed E-state index contributed by atoms with van der Waals surface area (Å²) in [7, 11) is 0. The molecule has 1 aromatic carbocycles. The third kappa shape index (κ3) is 3.12. The number of benzene rings is 1. The van der Waals surface area contributed by atoms with Gasteiger partial charge in [0.05, 0.1) is 23.0 Å². The number of rotatable bonds is 4. The molecule has 5 rings (SSSR count). The van der Waals surface area contributed by atoms with E-state index < -0.39 is 12.2 Å². The molecule has 1 aliphatic carbocycles. The van der Waals surface area contributed by atoms with Crippen LogP contribution in [0.3, 0.4) is 0 Å². The maximum atomic E-state index is 10.7. The molecular formula is C22H23N5O2. The van der Waals surface area contributed by atoms with E-state index in [-0.39, 0.29) is 12.0 Å². The van der Waals surface area contributed by atoms with E-state index in [0.29, 0.717) is 17.9 Å². The van der Waals surface area contributed by atoms with Crippen LogP contribution < -0.4 is 5.73 Å². The summed E-state index contributed by atoms with van der Waals surface area (Å²) in [6.45, 7) is 0. The van der Waals surface area contributed by atoms with Gasteiger partial charge in [0.15, 0.2) is 0 Å². The lowest BCUT2D eigenvalue weighted by molar-refractivity contribution is 0.00545. The molecule has 0 aliphatic heterocycles. The molecule has 7 nitrogen and oxygen atoms in total. The summed E-state index contributed by atoms with van der Waals surface area (Å²) in [5, 5.41) is 23.3. The second-order valence-electron chi connectivity index (χ2n) is 7.83. The molecule has 0 radical (unpaired) electrons. The van der Waals surface area contributed by atoms with Crippen molar-refractivity contribution in [2.75, 3.05) is 5.73 Å². The molecule has 4 atom stereocenters. The average Bonchev–Trinajstić information content (AvgIpc) is 3.29. The van der Waals surface area contributed by atoms with Crippen molar-refractivity contribution in [2.24, 2.45) is 5.92 Å². The molecule has 3 heterocycles. The van der Waals surface area contributed by atoms with E-state index in [1.165, 1.54) is 11.9 Å². The van der Waals surface area contributed by atoms with E-state index in [0.717, 1.165) is 29.1 Å². The van der Waals surface area contributed by atoms with Gasteiger partial charge in [-0.3, -0.25) is 4.98 Å². The standard InChI is InChI=1S/C22H23N5O2/c23-21-16-7-9-27(22(16)26-12-25-21)18-11-15(19(28)20(18)29)6-4-13-3-5-14-2-1-8-24-17(14)10-13/h1-3,5,7-10,12,15,18-20,28-29H,4,6,11H2,(H2,23,25,26)/t15-,18+,19+,20-/m0/s1. The first-order chi connectivity index (χ1) is 14.1. The molecule has 29 heavy (non-hydrogen) atoms. The third-order valence-corrected chi connectivity index (χ3v) is 6.14. The molecule has 0 unspecified atom stereocenters. The molecule has 1 saturated carbocycles. The number of hydrogen-bond donors (Lipinski definition) is 3. The van der Waals surface area contributed by atoms with E-state index in [4.69, 9.17) is 5.73 Å². The molecule has 7 heteroatoms. The summed E-state index contributed by atoms with van der Waals surface area (Å²) in [5.41, 5.74) is 8.78. The average molecular weight is 389 g/mol. The van der Waals surface area contributed by atoms with Crippen LogP contribution in [-0.4, -0.2) is 41.9 Å². The molecule has 0 bridgehead atoms. The first kappa shape index (κ1) is 18.0. The smallest absolute Gasteiger partial charge is 0.145 e. The van der Waals surface area contributed by atoms with Crippen molar-refractivity contribution in [3.05, 3.63) is 60.7 Å². The van der Waals surface area contributed by atoms with Crippen molar-refractivity contribution in [3.63, 3.8) is 0 Å². The molecule has 0 spiro atoms. The molecule has 1 aliphatic rings. The van der Waals surface area contributed by atoms with Crippen molar-refractivity contribution in [1.29, 1.82) is 0 Å². The lowest BCUT2D eigenvalue weighted by Gasteiger charge is -2.19. The summed E-state index contributed by atoms with van der Waals surface area (Å²) in [4.78, 5) is 12.8. The zero-order chi connectivity index (χ0) is 20.0. The van der Waals surface area contributed by atoms with Gasteiger partial charge in [-0.2, -0.15) is 0 Å². The fraction of sp³-hybridized carbons (Fsp3) is 0.318. The van der Waals surface area contributed by atoms with Crippen LogP contribution in [0.25, 0.3) is 21.9 Å². The number of aliphatic hydroxyl groups excluding tert-OH is 2. The fourth-order valence-corrected chi connectivity index (χ4v) is 4.54. The van der Waals surface area contributed by atoms with Crippen LogP contribution in [-0.2, 0) is 6.42 Å². The van der Waals surface area contributed by atoms with Crippen LogP contribution in [0.2, 0.25) is 0 Å². The van der Waals surface area contributed by atoms with Crippen LogP contribution in [0, 0.1) is 5.92 Å². The van der Waals surface area contributed by atoms with Gasteiger partial charge in [-0.05, 0) is 48.9 Å². The molecule has 3 aromatic heterocycles. The van der Waals surface area contributed by atoms with Gasteiger partial charge in [-0.1, -0.05) is 18.2 Å². The Morgan fingerprint density at radius 3 is 2.86 bits per heavy atom. The van der Waals surface area contributed by atoms with Crippen molar-refractivity contribution in [1.82, 2.24) is 19.5 Å². The van der Waals surface area contributed by atoms with E-state index in [1.807, 2.05) is 29.0 Å². The Balaban J connectivity index is 1.34.